The standard InChI is InChI=1S/C14H18ClN5/c15-13-2-1-12(8-19-4-3-11(6-16)7-19)14(5-13)20-10-17-9-18-20/h1-2,5,9-11H,3-4,6-8,16H2. The minimum atomic E-state index is 0.622. The summed E-state index contributed by atoms with van der Waals surface area (Å²) < 4.78 is 1.76. The average molecular weight is 292 g/mol. The van der Waals surface area contributed by atoms with Crippen LogP contribution in [0.5, 0.6) is 0 Å². The molecule has 1 aliphatic rings. The first-order chi connectivity index (χ1) is 9.76. The molecule has 1 unspecified atom stereocenters. The molecule has 20 heavy (non-hydrogen) atoms. The molecule has 1 aliphatic heterocycles. The second kappa shape index (κ2) is 5.91. The molecule has 2 aromatic rings. The quantitative estimate of drug-likeness (QED) is 0.931. The molecule has 1 atom stereocenters. The molecule has 1 aromatic heterocycles. The monoisotopic (exact) mass is 291 g/mol. The molecule has 2 N–H and O–H groups in total. The van der Waals surface area contributed by atoms with Crippen LogP contribution in [0.2, 0.25) is 5.02 Å². The predicted molar refractivity (Wildman–Crippen MR) is 78.8 cm³/mol. The van der Waals surface area contributed by atoms with Crippen LogP contribution in [0.1, 0.15) is 12.0 Å². The van der Waals surface area contributed by atoms with Crippen LogP contribution < -0.4 is 5.73 Å². The highest BCUT2D eigenvalue weighted by Crippen LogP contribution is 2.23. The van der Waals surface area contributed by atoms with Gasteiger partial charge >= 0.3 is 0 Å². The van der Waals surface area contributed by atoms with Gasteiger partial charge in [0.2, 0.25) is 0 Å². The lowest BCUT2D eigenvalue weighted by Gasteiger charge is -2.18. The van der Waals surface area contributed by atoms with Crippen LogP contribution in [-0.2, 0) is 6.54 Å². The Kier molecular flexibility index (Phi) is 4.00. The molecule has 1 saturated heterocycles. The van der Waals surface area contributed by atoms with Crippen LogP contribution in [-0.4, -0.2) is 39.3 Å². The Balaban J connectivity index is 1.83. The molecule has 2 heterocycles. The number of benzene rings is 1. The summed E-state index contributed by atoms with van der Waals surface area (Å²) in [5, 5.41) is 4.91. The lowest BCUT2D eigenvalue weighted by molar-refractivity contribution is 0.317. The number of hydrogen-bond acceptors (Lipinski definition) is 4. The Morgan fingerprint density at radius 2 is 2.30 bits per heavy atom. The van der Waals surface area contributed by atoms with Crippen molar-refractivity contribution in [2.45, 2.75) is 13.0 Å². The summed E-state index contributed by atoms with van der Waals surface area (Å²) in [5.41, 5.74) is 7.95. The van der Waals surface area contributed by atoms with E-state index in [1.165, 1.54) is 18.3 Å². The molecule has 0 aliphatic carbocycles. The van der Waals surface area contributed by atoms with Crippen molar-refractivity contribution < 1.29 is 0 Å². The number of nitrogens with two attached hydrogens (primary N) is 1. The van der Waals surface area contributed by atoms with E-state index in [0.717, 1.165) is 31.9 Å². The van der Waals surface area contributed by atoms with Gasteiger partial charge in [-0.05, 0) is 43.1 Å². The van der Waals surface area contributed by atoms with Gasteiger partial charge in [0.05, 0.1) is 5.69 Å². The van der Waals surface area contributed by atoms with Crippen molar-refractivity contribution in [1.82, 2.24) is 19.7 Å². The zero-order chi connectivity index (χ0) is 13.9. The van der Waals surface area contributed by atoms with Crippen molar-refractivity contribution in [3.8, 4) is 5.69 Å². The Morgan fingerprint density at radius 3 is 3.00 bits per heavy atom. The molecule has 0 spiro atoms. The van der Waals surface area contributed by atoms with Gasteiger partial charge < -0.3 is 5.73 Å². The SMILES string of the molecule is NCC1CCN(Cc2ccc(Cl)cc2-n2cncn2)C1. The van der Waals surface area contributed by atoms with E-state index in [2.05, 4.69) is 21.0 Å². The van der Waals surface area contributed by atoms with Gasteiger partial charge in [-0.15, -0.1) is 0 Å². The molecule has 0 bridgehead atoms. The highest BCUT2D eigenvalue weighted by atomic mass is 35.5. The Morgan fingerprint density at radius 1 is 1.40 bits per heavy atom. The first-order valence-corrected chi connectivity index (χ1v) is 7.20. The largest absolute Gasteiger partial charge is 0.330 e. The molecule has 6 heteroatoms. The van der Waals surface area contributed by atoms with E-state index in [-0.39, 0.29) is 0 Å². The lowest BCUT2D eigenvalue weighted by atomic mass is 10.1. The number of rotatable bonds is 4. The average Bonchev–Trinajstić information content (AvgIpc) is 3.11. The molecule has 0 radical (unpaired) electrons. The van der Waals surface area contributed by atoms with Crippen molar-refractivity contribution >= 4 is 11.6 Å². The molecule has 0 saturated carbocycles. The van der Waals surface area contributed by atoms with E-state index in [4.69, 9.17) is 17.3 Å². The number of aromatic nitrogens is 3. The van der Waals surface area contributed by atoms with Gasteiger partial charge in [0, 0.05) is 18.1 Å². The fourth-order valence-corrected chi connectivity index (χ4v) is 2.87. The minimum absolute atomic E-state index is 0.622. The van der Waals surface area contributed by atoms with E-state index < -0.39 is 0 Å². The Hall–Kier alpha value is -1.43. The minimum Gasteiger partial charge on any atom is -0.330 e. The van der Waals surface area contributed by atoms with E-state index in [9.17, 15) is 0 Å². The topological polar surface area (TPSA) is 60.0 Å². The zero-order valence-corrected chi connectivity index (χ0v) is 12.0. The van der Waals surface area contributed by atoms with Crippen molar-refractivity contribution in [2.24, 2.45) is 11.7 Å². The van der Waals surface area contributed by atoms with Crippen molar-refractivity contribution in [1.29, 1.82) is 0 Å². The molecule has 1 aromatic carbocycles. The maximum Gasteiger partial charge on any atom is 0.138 e. The third-order valence-electron chi connectivity index (χ3n) is 3.81. The fraction of sp³-hybridized carbons (Fsp3) is 0.429. The summed E-state index contributed by atoms with van der Waals surface area (Å²) in [5.74, 6) is 0.622. The van der Waals surface area contributed by atoms with Gasteiger partial charge in [0.15, 0.2) is 0 Å². The predicted octanol–water partition coefficient (Wildman–Crippen LogP) is 1.70. The van der Waals surface area contributed by atoms with Crippen molar-refractivity contribution in [2.75, 3.05) is 19.6 Å². The summed E-state index contributed by atoms with van der Waals surface area (Å²) >= 11 is 6.10. The normalized spacial score (nSPS) is 19.6. The summed E-state index contributed by atoms with van der Waals surface area (Å²) in [6.07, 6.45) is 4.41. The molecule has 5 nitrogen and oxygen atoms in total. The molecule has 106 valence electrons. The summed E-state index contributed by atoms with van der Waals surface area (Å²) in [7, 11) is 0. The zero-order valence-electron chi connectivity index (χ0n) is 11.2. The lowest BCUT2D eigenvalue weighted by Crippen LogP contribution is -2.23. The third-order valence-corrected chi connectivity index (χ3v) is 4.05. The number of nitrogens with zero attached hydrogens (tertiary/aromatic N) is 4. The van der Waals surface area contributed by atoms with E-state index >= 15 is 0 Å². The highest BCUT2D eigenvalue weighted by Gasteiger charge is 2.22. The molecular formula is C14H18ClN5. The van der Waals surface area contributed by atoms with Crippen LogP contribution in [0, 0.1) is 5.92 Å². The van der Waals surface area contributed by atoms with Gasteiger partial charge in [-0.3, -0.25) is 4.90 Å². The first kappa shape index (κ1) is 13.5. The van der Waals surface area contributed by atoms with Gasteiger partial charge in [0.1, 0.15) is 12.7 Å². The van der Waals surface area contributed by atoms with E-state index in [0.29, 0.717) is 10.9 Å². The smallest absolute Gasteiger partial charge is 0.138 e. The second-order valence-electron chi connectivity index (χ2n) is 5.24. The number of hydrogen-bond donors (Lipinski definition) is 1. The van der Waals surface area contributed by atoms with Crippen LogP contribution in [0.4, 0.5) is 0 Å². The van der Waals surface area contributed by atoms with E-state index in [1.54, 1.807) is 11.0 Å². The van der Waals surface area contributed by atoms with Crippen LogP contribution in [0.3, 0.4) is 0 Å². The Bertz CT molecular complexity index is 569. The van der Waals surface area contributed by atoms with Gasteiger partial charge in [-0.2, -0.15) is 5.10 Å². The van der Waals surface area contributed by atoms with Gasteiger partial charge in [0.25, 0.3) is 0 Å². The van der Waals surface area contributed by atoms with E-state index in [1.807, 2.05) is 12.1 Å². The maximum atomic E-state index is 6.10. The molecule has 3 rings (SSSR count). The van der Waals surface area contributed by atoms with Gasteiger partial charge in [-0.25, -0.2) is 9.67 Å². The third kappa shape index (κ3) is 2.85. The summed E-state index contributed by atoms with van der Waals surface area (Å²) in [6.45, 7) is 3.83. The molecule has 1 fully saturated rings. The number of likely N-dealkylation sites (tertiary alicyclic amines) is 1. The van der Waals surface area contributed by atoms with Crippen LogP contribution in [0.15, 0.2) is 30.9 Å². The number of halogens is 1. The van der Waals surface area contributed by atoms with Crippen molar-refractivity contribution in [3.63, 3.8) is 0 Å². The van der Waals surface area contributed by atoms with Crippen LogP contribution in [0.25, 0.3) is 5.69 Å². The van der Waals surface area contributed by atoms with Gasteiger partial charge in [-0.1, -0.05) is 17.7 Å². The fourth-order valence-electron chi connectivity index (χ4n) is 2.71. The molecule has 0 amide bonds. The van der Waals surface area contributed by atoms with Crippen LogP contribution >= 0.6 is 11.6 Å². The summed E-state index contributed by atoms with van der Waals surface area (Å²) in [6, 6.07) is 5.92. The maximum absolute atomic E-state index is 6.10. The second-order valence-corrected chi connectivity index (χ2v) is 5.68. The first-order valence-electron chi connectivity index (χ1n) is 6.82. The molecular weight excluding hydrogens is 274 g/mol. The van der Waals surface area contributed by atoms with Crippen molar-refractivity contribution in [3.05, 3.63) is 41.4 Å². The summed E-state index contributed by atoms with van der Waals surface area (Å²) in [4.78, 5) is 6.44. The Labute approximate surface area is 123 Å². The highest BCUT2D eigenvalue weighted by molar-refractivity contribution is 6.30.